The number of nitrogens with zero attached hydrogens (tertiary/aromatic N) is 1. The van der Waals surface area contributed by atoms with E-state index in [-0.39, 0.29) is 17.9 Å². The van der Waals surface area contributed by atoms with Gasteiger partial charge in [0.2, 0.25) is 0 Å². The Balaban J connectivity index is 1.38. The third-order valence-corrected chi connectivity index (χ3v) is 5.08. The van der Waals surface area contributed by atoms with E-state index >= 15 is 0 Å². The van der Waals surface area contributed by atoms with Crippen molar-refractivity contribution in [2.75, 3.05) is 13.7 Å². The molecule has 158 valence electrons. The molecule has 4 aromatic rings. The van der Waals surface area contributed by atoms with Gasteiger partial charge in [0, 0.05) is 41.0 Å². The molecule has 31 heavy (non-hydrogen) atoms. The molecule has 1 amide bonds. The van der Waals surface area contributed by atoms with Crippen LogP contribution in [0.3, 0.4) is 0 Å². The van der Waals surface area contributed by atoms with E-state index in [0.717, 1.165) is 16.5 Å². The lowest BCUT2D eigenvalue weighted by Crippen LogP contribution is -2.25. The number of methoxy groups -OCH3 is 1. The number of esters is 1. The molecular weight excluding hydrogens is 396 g/mol. The van der Waals surface area contributed by atoms with E-state index in [2.05, 4.69) is 26.2 Å². The van der Waals surface area contributed by atoms with Crippen LogP contribution in [0.1, 0.15) is 21.6 Å². The molecule has 2 aromatic heterocycles. The van der Waals surface area contributed by atoms with Crippen molar-refractivity contribution >= 4 is 22.8 Å². The largest absolute Gasteiger partial charge is 0.469 e. The molecule has 2 aromatic carbocycles. The molecule has 0 radical (unpaired) electrons. The Bertz CT molecular complexity index is 1280. The molecule has 0 unspecified atom stereocenters. The molecule has 0 saturated carbocycles. The van der Waals surface area contributed by atoms with Crippen LogP contribution in [-0.4, -0.2) is 40.3 Å². The molecule has 0 aliphatic rings. The van der Waals surface area contributed by atoms with Crippen molar-refractivity contribution in [3.05, 3.63) is 88.0 Å². The minimum Gasteiger partial charge on any atom is -0.469 e. The fourth-order valence-electron chi connectivity index (χ4n) is 3.47. The predicted octanol–water partition coefficient (Wildman–Crippen LogP) is 2.33. The van der Waals surface area contributed by atoms with Gasteiger partial charge in [0.05, 0.1) is 19.2 Å². The number of fused-ring (bicyclic) bond motifs is 1. The van der Waals surface area contributed by atoms with E-state index in [9.17, 15) is 14.4 Å². The summed E-state index contributed by atoms with van der Waals surface area (Å²) in [5.74, 6) is -0.621. The molecule has 4 rings (SSSR count). The second-order valence-electron chi connectivity index (χ2n) is 7.12. The van der Waals surface area contributed by atoms with E-state index in [0.29, 0.717) is 29.9 Å². The number of nitrogens with one attached hydrogen (secondary N) is 3. The number of ether oxygens (including phenoxy) is 1. The zero-order valence-electron chi connectivity index (χ0n) is 17.0. The van der Waals surface area contributed by atoms with Gasteiger partial charge in [-0.15, -0.1) is 0 Å². The molecule has 0 fully saturated rings. The van der Waals surface area contributed by atoms with Gasteiger partial charge in [0.15, 0.2) is 0 Å². The van der Waals surface area contributed by atoms with Crippen LogP contribution in [-0.2, 0) is 22.4 Å². The van der Waals surface area contributed by atoms with Gasteiger partial charge in [-0.2, -0.15) is 0 Å². The normalized spacial score (nSPS) is 10.9. The van der Waals surface area contributed by atoms with Gasteiger partial charge < -0.3 is 15.0 Å². The highest BCUT2D eigenvalue weighted by atomic mass is 16.5. The summed E-state index contributed by atoms with van der Waals surface area (Å²) in [6.45, 7) is 0.509. The number of amides is 1. The van der Waals surface area contributed by atoms with Crippen molar-refractivity contribution in [3.63, 3.8) is 0 Å². The molecule has 0 saturated heterocycles. The lowest BCUT2D eigenvalue weighted by atomic mass is 10.1. The number of aromatic nitrogens is 3. The zero-order chi connectivity index (χ0) is 21.8. The van der Waals surface area contributed by atoms with Crippen LogP contribution in [0.4, 0.5) is 0 Å². The Morgan fingerprint density at radius 2 is 1.87 bits per heavy atom. The average molecular weight is 418 g/mol. The Hall–Kier alpha value is -4.07. The second-order valence-corrected chi connectivity index (χ2v) is 7.12. The molecular formula is C23H22N4O4. The summed E-state index contributed by atoms with van der Waals surface area (Å²) in [5.41, 5.74) is 3.45. The van der Waals surface area contributed by atoms with Crippen molar-refractivity contribution in [2.45, 2.75) is 12.8 Å². The van der Waals surface area contributed by atoms with Gasteiger partial charge in [-0.25, -0.2) is 4.68 Å². The third-order valence-electron chi connectivity index (χ3n) is 5.08. The number of hydrogen-bond donors (Lipinski definition) is 3. The minimum atomic E-state index is -0.437. The first-order valence-corrected chi connectivity index (χ1v) is 9.86. The molecule has 8 nitrogen and oxygen atoms in total. The van der Waals surface area contributed by atoms with Crippen LogP contribution in [0, 0.1) is 0 Å². The summed E-state index contributed by atoms with van der Waals surface area (Å²) in [7, 11) is 1.29. The number of aromatic amines is 2. The Kier molecular flexibility index (Phi) is 5.70. The summed E-state index contributed by atoms with van der Waals surface area (Å²) < 4.78 is 5.93. The molecule has 3 N–H and O–H groups in total. The van der Waals surface area contributed by atoms with Gasteiger partial charge in [0.1, 0.15) is 0 Å². The number of rotatable bonds is 7. The lowest BCUT2D eigenvalue weighted by Gasteiger charge is -2.07. The maximum absolute atomic E-state index is 12.5. The quantitative estimate of drug-likeness (QED) is 0.400. The standard InChI is InChI=1S/C23H22N4O4/c1-31-22(29)13-17-12-21(28)27(26-17)18-8-6-15(7-9-18)23(30)24-11-10-16-14-25-20-5-3-2-4-19(16)20/h2-9,12,14,25-26H,10-11,13H2,1H3,(H,24,30). The van der Waals surface area contributed by atoms with Crippen molar-refractivity contribution in [3.8, 4) is 5.69 Å². The maximum Gasteiger partial charge on any atom is 0.311 e. The lowest BCUT2D eigenvalue weighted by molar-refractivity contribution is -0.139. The topological polar surface area (TPSA) is 109 Å². The molecule has 8 heteroatoms. The summed E-state index contributed by atoms with van der Waals surface area (Å²) >= 11 is 0. The highest BCUT2D eigenvalue weighted by Gasteiger charge is 2.11. The smallest absolute Gasteiger partial charge is 0.311 e. The van der Waals surface area contributed by atoms with Crippen LogP contribution in [0.25, 0.3) is 16.6 Å². The summed E-state index contributed by atoms with van der Waals surface area (Å²) in [6.07, 6.45) is 2.67. The molecule has 2 heterocycles. The summed E-state index contributed by atoms with van der Waals surface area (Å²) in [5, 5.41) is 6.96. The Labute approximate surface area is 177 Å². The average Bonchev–Trinajstić information content (AvgIpc) is 3.37. The van der Waals surface area contributed by atoms with Gasteiger partial charge in [-0.3, -0.25) is 19.5 Å². The van der Waals surface area contributed by atoms with Crippen LogP contribution in [0.15, 0.2) is 65.6 Å². The number of hydrogen-bond acceptors (Lipinski definition) is 4. The first kappa shape index (κ1) is 20.2. The second kappa shape index (κ2) is 8.74. The fraction of sp³-hybridized carbons (Fsp3) is 0.174. The predicted molar refractivity (Wildman–Crippen MR) is 116 cm³/mol. The Morgan fingerprint density at radius 1 is 1.10 bits per heavy atom. The monoisotopic (exact) mass is 418 g/mol. The minimum absolute atomic E-state index is 0.0182. The number of carbonyl (C=O) groups excluding carboxylic acids is 2. The highest BCUT2D eigenvalue weighted by molar-refractivity contribution is 5.94. The van der Waals surface area contributed by atoms with Crippen molar-refractivity contribution < 1.29 is 14.3 Å². The van der Waals surface area contributed by atoms with E-state index in [1.165, 1.54) is 17.9 Å². The first-order chi connectivity index (χ1) is 15.0. The van der Waals surface area contributed by atoms with Crippen molar-refractivity contribution in [2.24, 2.45) is 0 Å². The number of benzene rings is 2. The van der Waals surface area contributed by atoms with E-state index in [4.69, 9.17) is 0 Å². The van der Waals surface area contributed by atoms with Gasteiger partial charge >= 0.3 is 5.97 Å². The highest BCUT2D eigenvalue weighted by Crippen LogP contribution is 2.17. The summed E-state index contributed by atoms with van der Waals surface area (Å²) in [4.78, 5) is 39.3. The van der Waals surface area contributed by atoms with Crippen LogP contribution in [0.5, 0.6) is 0 Å². The number of para-hydroxylation sites is 1. The van der Waals surface area contributed by atoms with Crippen molar-refractivity contribution in [1.29, 1.82) is 0 Å². The van der Waals surface area contributed by atoms with Crippen LogP contribution in [0.2, 0.25) is 0 Å². The summed E-state index contributed by atoms with van der Waals surface area (Å²) in [6, 6.07) is 16.1. The fourth-order valence-corrected chi connectivity index (χ4v) is 3.47. The third kappa shape index (κ3) is 4.42. The zero-order valence-corrected chi connectivity index (χ0v) is 17.0. The molecule has 0 bridgehead atoms. The molecule has 0 aliphatic heterocycles. The van der Waals surface area contributed by atoms with Gasteiger partial charge in [-0.05, 0) is 42.3 Å². The van der Waals surface area contributed by atoms with E-state index < -0.39 is 5.97 Å². The van der Waals surface area contributed by atoms with Crippen LogP contribution >= 0.6 is 0 Å². The van der Waals surface area contributed by atoms with Gasteiger partial charge in [-0.1, -0.05) is 18.2 Å². The maximum atomic E-state index is 12.5. The first-order valence-electron chi connectivity index (χ1n) is 9.86. The molecule has 0 atom stereocenters. The van der Waals surface area contributed by atoms with E-state index in [1.54, 1.807) is 24.3 Å². The number of H-pyrrole nitrogens is 2. The van der Waals surface area contributed by atoms with E-state index in [1.807, 2.05) is 24.4 Å². The SMILES string of the molecule is COC(=O)Cc1cc(=O)n(-c2ccc(C(=O)NCCc3c[nH]c4ccccc34)cc2)[nH]1. The molecule has 0 spiro atoms. The number of carbonyl (C=O) groups is 2. The van der Waals surface area contributed by atoms with Crippen molar-refractivity contribution in [1.82, 2.24) is 20.1 Å². The molecule has 0 aliphatic carbocycles. The Morgan fingerprint density at radius 3 is 2.65 bits per heavy atom. The van der Waals surface area contributed by atoms with Gasteiger partial charge in [0.25, 0.3) is 11.5 Å². The van der Waals surface area contributed by atoms with Crippen LogP contribution < -0.4 is 10.9 Å².